The van der Waals surface area contributed by atoms with Crippen molar-refractivity contribution >= 4 is 79.5 Å². The van der Waals surface area contributed by atoms with Gasteiger partial charge in [0, 0.05) is 19.8 Å². The Morgan fingerprint density at radius 3 is 1.03 bits per heavy atom. The van der Waals surface area contributed by atoms with E-state index in [0.29, 0.717) is 36.3 Å². The standard InChI is InChI=1S/C36H53F3O6Si4.C30H49F3O6Si4/c1-29-21-23-32(24-22-29)35(41)42-34-20-12-10-16-31(34)18-14-26-46(2,3)43-48(6,7)45-49(8,28-25-36(37,38)39)44-47(4,5)27-13-17-30-15-9-11-19-33(30)40;1-25(34)36-29-20-12-10-16-27(29)18-14-23-41(4,5)38-43(8,24-21-30(31,32)33)39-42(6,7)37-40(2,3)22-13-17-26-15-9-11-19-28(26)35/h9-12,15-16,19-24,40H,13-14,17-18,25-28H2,1-8H3;9-12,15-16,19-20,35H,13-14,17-18,21-24H2,1-8H3. The number of hydrogen-bond acceptors (Lipinski definition) is 12. The first-order chi connectivity index (χ1) is 42.4. The minimum atomic E-state index is -4.32. The van der Waals surface area contributed by atoms with Crippen LogP contribution in [0.1, 0.15) is 83.6 Å². The molecule has 0 heterocycles. The van der Waals surface area contributed by atoms with Gasteiger partial charge in [-0.2, -0.15) is 26.3 Å². The zero-order valence-electron chi connectivity index (χ0n) is 57.1. The molecular weight excluding hydrogens is 1320 g/mol. The van der Waals surface area contributed by atoms with Crippen molar-refractivity contribution in [2.75, 3.05) is 0 Å². The van der Waals surface area contributed by atoms with E-state index in [9.17, 15) is 46.1 Å². The highest BCUT2D eigenvalue weighted by Crippen LogP contribution is 2.38. The molecule has 5 rings (SSSR count). The highest BCUT2D eigenvalue weighted by molar-refractivity contribution is 6.91. The number of esters is 2. The van der Waals surface area contributed by atoms with Crippen molar-refractivity contribution in [2.45, 2.75) is 218 Å². The zero-order chi connectivity index (χ0) is 69.0. The summed E-state index contributed by atoms with van der Waals surface area (Å²) >= 11 is 0. The smallest absolute Gasteiger partial charge is 0.389 e. The van der Waals surface area contributed by atoms with Crippen LogP contribution in [0.2, 0.25) is 128 Å². The Morgan fingerprint density at radius 1 is 0.391 bits per heavy atom. The lowest BCUT2D eigenvalue weighted by Crippen LogP contribution is -2.58. The summed E-state index contributed by atoms with van der Waals surface area (Å²) in [6.45, 7) is 31.1. The summed E-state index contributed by atoms with van der Waals surface area (Å²) in [4.78, 5) is 24.2. The molecule has 92 heavy (non-hydrogen) atoms. The van der Waals surface area contributed by atoms with Crippen LogP contribution in [-0.4, -0.2) is 102 Å². The van der Waals surface area contributed by atoms with Gasteiger partial charge in [-0.05, 0) is 245 Å². The van der Waals surface area contributed by atoms with Gasteiger partial charge in [-0.1, -0.05) is 90.5 Å². The molecule has 26 heteroatoms. The molecule has 0 amide bonds. The van der Waals surface area contributed by atoms with E-state index < -0.39 is 98.7 Å². The van der Waals surface area contributed by atoms with E-state index in [1.165, 1.54) is 6.92 Å². The number of alkyl halides is 6. The second-order valence-corrected chi connectivity index (χ2v) is 59.8. The van der Waals surface area contributed by atoms with Crippen LogP contribution in [0, 0.1) is 6.92 Å². The Morgan fingerprint density at radius 2 is 0.696 bits per heavy atom. The third-order valence-electron chi connectivity index (χ3n) is 15.2. The number of carbonyl (C=O) groups is 2. The fraction of sp³-hybridized carbons (Fsp3) is 0.515. The van der Waals surface area contributed by atoms with Gasteiger partial charge < -0.3 is 44.4 Å². The van der Waals surface area contributed by atoms with Crippen molar-refractivity contribution in [3.63, 3.8) is 0 Å². The molecule has 0 aliphatic rings. The predicted molar refractivity (Wildman–Crippen MR) is 375 cm³/mol. The fourth-order valence-electron chi connectivity index (χ4n) is 11.7. The molecule has 512 valence electrons. The average Bonchev–Trinajstić information content (AvgIpc) is 0.858. The molecule has 0 spiro atoms. The molecule has 0 bridgehead atoms. The number of aromatic hydroxyl groups is 2. The van der Waals surface area contributed by atoms with E-state index in [1.807, 2.05) is 132 Å². The first-order valence-electron chi connectivity index (χ1n) is 31.9. The Kier molecular flexibility index (Phi) is 30.1. The Labute approximate surface area is 552 Å². The van der Waals surface area contributed by atoms with Gasteiger partial charge >= 0.3 is 58.5 Å². The number of ether oxygens (including phenoxy) is 2. The minimum absolute atomic E-state index is 0.183. The number of hydrogen-bond donors (Lipinski definition) is 2. The second kappa shape index (κ2) is 34.6. The van der Waals surface area contributed by atoms with Crippen molar-refractivity contribution in [2.24, 2.45) is 0 Å². The number of carbonyl (C=O) groups excluding carboxylic acids is 2. The van der Waals surface area contributed by atoms with Gasteiger partial charge in [-0.3, -0.25) is 4.79 Å². The van der Waals surface area contributed by atoms with Gasteiger partial charge in [0.15, 0.2) is 33.3 Å². The number of rotatable bonds is 35. The first kappa shape index (κ1) is 80.2. The number of benzene rings is 5. The molecule has 0 saturated heterocycles. The summed E-state index contributed by atoms with van der Waals surface area (Å²) in [7, 11) is -21.8. The highest BCUT2D eigenvalue weighted by Gasteiger charge is 2.49. The molecule has 0 fully saturated rings. The third kappa shape index (κ3) is 31.5. The molecule has 5 aromatic rings. The lowest BCUT2D eigenvalue weighted by atomic mass is 10.1. The first-order valence-corrected chi connectivity index (χ1v) is 55.0. The van der Waals surface area contributed by atoms with Crippen LogP contribution in [0.5, 0.6) is 23.0 Å². The van der Waals surface area contributed by atoms with Crippen LogP contribution < -0.4 is 9.47 Å². The summed E-state index contributed by atoms with van der Waals surface area (Å²) in [6, 6.07) is 39.3. The van der Waals surface area contributed by atoms with Crippen LogP contribution in [0.15, 0.2) is 121 Å². The molecule has 0 saturated carbocycles. The molecule has 2 atom stereocenters. The molecule has 2 unspecified atom stereocenters. The predicted octanol–water partition coefficient (Wildman–Crippen LogP) is 19.7. The molecule has 0 radical (unpaired) electrons. The molecule has 0 aliphatic carbocycles. The van der Waals surface area contributed by atoms with Gasteiger partial charge in [0.2, 0.25) is 0 Å². The van der Waals surface area contributed by atoms with E-state index in [1.54, 1.807) is 61.6 Å². The maximum absolute atomic E-state index is 13.5. The Hall–Kier alpha value is -4.28. The van der Waals surface area contributed by atoms with Gasteiger partial charge in [0.1, 0.15) is 23.0 Å². The molecule has 5 aromatic carbocycles. The highest BCUT2D eigenvalue weighted by atomic mass is 28.5. The van der Waals surface area contributed by atoms with Crippen molar-refractivity contribution in [1.29, 1.82) is 0 Å². The van der Waals surface area contributed by atoms with Crippen LogP contribution >= 0.6 is 0 Å². The molecular formula is C66H102F6O12Si8. The average molecular weight is 1430 g/mol. The largest absolute Gasteiger partial charge is 0.508 e. The van der Waals surface area contributed by atoms with E-state index in [2.05, 4.69) is 26.2 Å². The summed E-state index contributed by atoms with van der Waals surface area (Å²) in [5, 5.41) is 20.2. The summed E-state index contributed by atoms with van der Waals surface area (Å²) < 4.78 is 132. The topological polar surface area (TPSA) is 148 Å². The molecule has 0 aliphatic heterocycles. The SMILES string of the molecule is CC(=O)Oc1ccccc1CCC[Si](C)(C)O[Si](C)(CCC(F)(F)F)O[Si](C)(C)O[Si](C)(C)CCCc1ccccc1O.Cc1ccc(C(=O)Oc2ccccc2CCC[Si](C)(C)O[Si](C)(C)O[Si](C)(CCC(F)(F)F)O[Si](C)(C)CCCc2ccccc2O)cc1. The van der Waals surface area contributed by atoms with Crippen molar-refractivity contribution < 1.29 is 80.3 Å². The number of para-hydroxylation sites is 4. The van der Waals surface area contributed by atoms with E-state index in [4.69, 9.17) is 34.2 Å². The van der Waals surface area contributed by atoms with Crippen LogP contribution in [0.3, 0.4) is 0 Å². The zero-order valence-corrected chi connectivity index (χ0v) is 65.1. The number of phenolic OH excluding ortho intramolecular Hbond substituents is 2. The maximum atomic E-state index is 13.5. The lowest BCUT2D eigenvalue weighted by molar-refractivity contribution is -0.132. The second-order valence-electron chi connectivity index (χ2n) is 27.7. The fourth-order valence-corrected chi connectivity index (χ4v) is 51.0. The summed E-state index contributed by atoms with van der Waals surface area (Å²) in [5.74, 6) is 0.799. The van der Waals surface area contributed by atoms with Gasteiger partial charge in [-0.25, -0.2) is 4.79 Å². The van der Waals surface area contributed by atoms with Gasteiger partial charge in [-0.15, -0.1) is 0 Å². The van der Waals surface area contributed by atoms with Crippen LogP contribution in [0.4, 0.5) is 26.3 Å². The Bertz CT molecular complexity index is 3110. The number of halogens is 6. The van der Waals surface area contributed by atoms with E-state index >= 15 is 0 Å². The van der Waals surface area contributed by atoms with Crippen LogP contribution in [0.25, 0.3) is 0 Å². The molecule has 2 N–H and O–H groups in total. The quantitative estimate of drug-likeness (QED) is 0.0172. The lowest BCUT2D eigenvalue weighted by Gasteiger charge is -2.43. The monoisotopic (exact) mass is 1420 g/mol. The van der Waals surface area contributed by atoms with E-state index in [-0.39, 0.29) is 29.6 Å². The molecule has 12 nitrogen and oxygen atoms in total. The van der Waals surface area contributed by atoms with Gasteiger partial charge in [0.05, 0.1) is 5.56 Å². The summed E-state index contributed by atoms with van der Waals surface area (Å²) in [6.07, 6.45) is -4.69. The molecule has 0 aromatic heterocycles. The maximum Gasteiger partial charge on any atom is 0.389 e. The number of aryl methyl sites for hydroxylation is 5. The van der Waals surface area contributed by atoms with Crippen molar-refractivity contribution in [1.82, 2.24) is 0 Å². The Balaban J connectivity index is 0.000000396. The van der Waals surface area contributed by atoms with Crippen LogP contribution in [-0.2, 0) is 55.2 Å². The summed E-state index contributed by atoms with van der Waals surface area (Å²) in [5.41, 5.74) is 5.13. The third-order valence-corrected chi connectivity index (χ3v) is 47.4. The normalized spacial score (nSPS) is 14.2. The van der Waals surface area contributed by atoms with Gasteiger partial charge in [0.25, 0.3) is 0 Å². The van der Waals surface area contributed by atoms with E-state index in [0.717, 1.165) is 84.1 Å². The minimum Gasteiger partial charge on any atom is -0.508 e. The van der Waals surface area contributed by atoms with Crippen molar-refractivity contribution in [3.05, 3.63) is 155 Å². The van der Waals surface area contributed by atoms with Crippen molar-refractivity contribution in [3.8, 4) is 23.0 Å². The number of phenols is 2.